The van der Waals surface area contributed by atoms with E-state index in [0.29, 0.717) is 16.9 Å². The van der Waals surface area contributed by atoms with Crippen LogP contribution in [-0.4, -0.2) is 22.5 Å². The molecule has 2 aromatic carbocycles. The third-order valence-electron chi connectivity index (χ3n) is 5.23. The summed E-state index contributed by atoms with van der Waals surface area (Å²) in [6.45, 7) is 3.69. The van der Waals surface area contributed by atoms with E-state index < -0.39 is 27.3 Å². The Kier molecular flexibility index (Phi) is 6.47. The number of halogens is 4. The summed E-state index contributed by atoms with van der Waals surface area (Å²) in [6, 6.07) is 11.4. The number of thioether (sulfide) groups is 1. The number of benzene rings is 2. The van der Waals surface area contributed by atoms with Gasteiger partial charge >= 0.3 is 5.97 Å². The molecule has 4 rings (SSSR count). The number of pyridine rings is 1. The van der Waals surface area contributed by atoms with Gasteiger partial charge in [0.25, 0.3) is 0 Å². The molecule has 0 radical (unpaired) electrons. The molecule has 0 saturated carbocycles. The van der Waals surface area contributed by atoms with Crippen molar-refractivity contribution >= 4 is 56.6 Å². The van der Waals surface area contributed by atoms with Crippen molar-refractivity contribution < 1.29 is 18.3 Å². The highest BCUT2D eigenvalue weighted by atomic mass is 79.9. The Bertz CT molecular complexity index is 1180. The maximum Gasteiger partial charge on any atom is 0.341 e. The minimum Gasteiger partial charge on any atom is -0.462 e. The molecular formula is C23H18BrClF2N2O2S. The van der Waals surface area contributed by atoms with Gasteiger partial charge in [0.05, 0.1) is 39.5 Å². The van der Waals surface area contributed by atoms with Crippen molar-refractivity contribution in [3.8, 4) is 0 Å². The van der Waals surface area contributed by atoms with E-state index in [2.05, 4.69) is 20.9 Å². The van der Waals surface area contributed by atoms with Crippen LogP contribution >= 0.6 is 39.3 Å². The third kappa shape index (κ3) is 3.78. The molecule has 2 unspecified atom stereocenters. The average molecular weight is 540 g/mol. The number of rotatable bonds is 5. The Labute approximate surface area is 202 Å². The van der Waals surface area contributed by atoms with Crippen LogP contribution in [0.1, 0.15) is 29.8 Å². The molecule has 1 aliphatic rings. The predicted molar refractivity (Wildman–Crippen MR) is 126 cm³/mol. The number of ether oxygens (including phenoxy) is 1. The van der Waals surface area contributed by atoms with Gasteiger partial charge in [-0.3, -0.25) is 4.98 Å². The number of hydrogen-bond acceptors (Lipinski definition) is 5. The quantitative estimate of drug-likeness (QED) is 0.197. The minimum atomic E-state index is -0.843. The van der Waals surface area contributed by atoms with Gasteiger partial charge in [-0.25, -0.2) is 13.6 Å². The highest BCUT2D eigenvalue weighted by Crippen LogP contribution is 2.59. The molecule has 0 aliphatic carbocycles. The van der Waals surface area contributed by atoms with Gasteiger partial charge < -0.3 is 9.64 Å². The van der Waals surface area contributed by atoms with Gasteiger partial charge in [-0.2, -0.15) is 0 Å². The molecule has 1 aliphatic heterocycles. The molecule has 4 nitrogen and oxygen atoms in total. The topological polar surface area (TPSA) is 42.4 Å². The summed E-state index contributed by atoms with van der Waals surface area (Å²) in [5, 5.41) is -0.0120. The molecule has 2 heterocycles. The molecule has 32 heavy (non-hydrogen) atoms. The summed E-state index contributed by atoms with van der Waals surface area (Å²) in [4.78, 5) is 17.8. The van der Waals surface area contributed by atoms with Gasteiger partial charge in [0.1, 0.15) is 4.95 Å². The van der Waals surface area contributed by atoms with Crippen LogP contribution in [0.25, 0.3) is 0 Å². The van der Waals surface area contributed by atoms with Crippen molar-refractivity contribution in [1.82, 2.24) is 4.98 Å². The summed E-state index contributed by atoms with van der Waals surface area (Å²) in [5.41, 5.74) is 1.44. The minimum absolute atomic E-state index is 0.0120. The zero-order valence-electron chi connectivity index (χ0n) is 17.1. The average Bonchev–Trinajstić information content (AvgIpc) is 3.00. The van der Waals surface area contributed by atoms with Gasteiger partial charge in [-0.15, -0.1) is 11.8 Å². The molecule has 3 aromatic rings. The van der Waals surface area contributed by atoms with Crippen molar-refractivity contribution in [3.05, 3.63) is 82.6 Å². The first-order valence-electron chi connectivity index (χ1n) is 9.76. The van der Waals surface area contributed by atoms with E-state index in [4.69, 9.17) is 16.3 Å². The van der Waals surface area contributed by atoms with Crippen LogP contribution in [0.3, 0.4) is 0 Å². The van der Waals surface area contributed by atoms with E-state index in [0.717, 1.165) is 0 Å². The summed E-state index contributed by atoms with van der Waals surface area (Å²) >= 11 is 11.0. The zero-order valence-corrected chi connectivity index (χ0v) is 20.3. The Balaban J connectivity index is 1.83. The van der Waals surface area contributed by atoms with E-state index >= 15 is 8.78 Å². The lowest BCUT2D eigenvalue weighted by atomic mass is 10.0. The first-order chi connectivity index (χ1) is 15.3. The van der Waals surface area contributed by atoms with Gasteiger partial charge in [-0.1, -0.05) is 39.7 Å². The van der Waals surface area contributed by atoms with Gasteiger partial charge in [0.2, 0.25) is 0 Å². The highest BCUT2D eigenvalue weighted by molar-refractivity contribution is 9.09. The van der Waals surface area contributed by atoms with Crippen LogP contribution in [0.2, 0.25) is 5.02 Å². The molecule has 2 atom stereocenters. The fourth-order valence-electron chi connectivity index (χ4n) is 3.71. The fourth-order valence-corrected chi connectivity index (χ4v) is 6.11. The molecular weight excluding hydrogens is 522 g/mol. The SMILES string of the molecule is CCOC(=O)c1cccc(SC2(C)c3ccc(Cl)c(F)c3N(c3cccnc3)C2Br)c1F. The number of carbonyl (C=O) groups excluding carboxylic acids is 1. The van der Waals surface area contributed by atoms with Crippen molar-refractivity contribution in [2.24, 2.45) is 0 Å². The summed E-state index contributed by atoms with van der Waals surface area (Å²) in [5.74, 6) is -1.97. The second-order valence-electron chi connectivity index (χ2n) is 7.22. The second-order valence-corrected chi connectivity index (χ2v) is 9.99. The predicted octanol–water partition coefficient (Wildman–Crippen LogP) is 7.07. The lowest BCUT2D eigenvalue weighted by molar-refractivity contribution is 0.0520. The van der Waals surface area contributed by atoms with Crippen molar-refractivity contribution in [2.45, 2.75) is 28.4 Å². The Morgan fingerprint density at radius 3 is 2.72 bits per heavy atom. The number of hydrogen-bond donors (Lipinski definition) is 0. The molecule has 0 saturated heterocycles. The smallest absolute Gasteiger partial charge is 0.341 e. The molecule has 0 bridgehead atoms. The molecule has 166 valence electrons. The van der Waals surface area contributed by atoms with E-state index in [1.807, 2.05) is 13.0 Å². The Hall–Kier alpha value is -2.16. The van der Waals surface area contributed by atoms with E-state index in [1.165, 1.54) is 23.9 Å². The van der Waals surface area contributed by atoms with E-state index in [9.17, 15) is 4.79 Å². The lowest BCUT2D eigenvalue weighted by Crippen LogP contribution is -2.33. The summed E-state index contributed by atoms with van der Waals surface area (Å²) < 4.78 is 34.7. The van der Waals surface area contributed by atoms with Crippen LogP contribution in [0, 0.1) is 11.6 Å². The molecule has 0 N–H and O–H groups in total. The fraction of sp³-hybridized carbons (Fsp3) is 0.217. The molecule has 0 amide bonds. The Morgan fingerprint density at radius 1 is 1.25 bits per heavy atom. The van der Waals surface area contributed by atoms with Gasteiger partial charge in [0, 0.05) is 11.1 Å². The van der Waals surface area contributed by atoms with Crippen LogP contribution in [0.5, 0.6) is 0 Å². The van der Waals surface area contributed by atoms with E-state index in [1.54, 1.807) is 48.5 Å². The number of esters is 1. The monoisotopic (exact) mass is 538 g/mol. The van der Waals surface area contributed by atoms with Crippen molar-refractivity contribution in [3.63, 3.8) is 0 Å². The highest BCUT2D eigenvalue weighted by Gasteiger charge is 2.50. The molecule has 9 heteroatoms. The van der Waals surface area contributed by atoms with Crippen LogP contribution in [-0.2, 0) is 9.48 Å². The summed E-state index contributed by atoms with van der Waals surface area (Å²) in [7, 11) is 0. The number of alkyl halides is 1. The maximum absolute atomic E-state index is 15.3. The normalized spacial score (nSPS) is 19.7. The maximum atomic E-state index is 15.3. The first kappa shape index (κ1) is 23.0. The molecule has 0 fully saturated rings. The molecule has 0 spiro atoms. The Morgan fingerprint density at radius 2 is 2.03 bits per heavy atom. The summed E-state index contributed by atoms with van der Waals surface area (Å²) in [6.07, 6.45) is 3.25. The number of anilines is 2. The van der Waals surface area contributed by atoms with Crippen LogP contribution < -0.4 is 4.90 Å². The largest absolute Gasteiger partial charge is 0.462 e. The van der Waals surface area contributed by atoms with Crippen molar-refractivity contribution in [2.75, 3.05) is 11.5 Å². The second kappa shape index (κ2) is 9.00. The van der Waals surface area contributed by atoms with Crippen LogP contribution in [0.15, 0.2) is 59.8 Å². The molecule has 1 aromatic heterocycles. The van der Waals surface area contributed by atoms with Gasteiger partial charge in [-0.05, 0) is 49.7 Å². The number of aromatic nitrogens is 1. The first-order valence-corrected chi connectivity index (χ1v) is 11.9. The van der Waals surface area contributed by atoms with Crippen molar-refractivity contribution in [1.29, 1.82) is 0 Å². The number of carbonyl (C=O) groups is 1. The van der Waals surface area contributed by atoms with E-state index in [-0.39, 0.29) is 22.1 Å². The zero-order chi connectivity index (χ0) is 23.0. The number of fused-ring (bicyclic) bond motifs is 1. The lowest BCUT2D eigenvalue weighted by Gasteiger charge is -2.32. The van der Waals surface area contributed by atoms with Gasteiger partial charge in [0.15, 0.2) is 11.6 Å². The van der Waals surface area contributed by atoms with Crippen LogP contribution in [0.4, 0.5) is 20.2 Å². The number of nitrogens with zero attached hydrogens (tertiary/aromatic N) is 2. The third-order valence-corrected chi connectivity index (χ3v) is 8.55. The standard InChI is InChI=1S/C23H18BrClF2N2O2S/c1-3-31-21(30)14-7-4-8-17(18(14)26)32-23(2)15-9-10-16(25)19(27)20(15)29(22(23)24)13-6-5-11-28-12-13/h4-12,22H,3H2,1-2H3.